The molecule has 3 aromatic rings. The second-order valence-electron chi connectivity index (χ2n) is 14.6. The smallest absolute Gasteiger partial charge is 0.481 e. The molecule has 2 amide bonds. The van der Waals surface area contributed by atoms with Gasteiger partial charge in [-0.1, -0.05) is 31.7 Å². The molecular weight excluding hydrogens is 907 g/mol. The number of phosphoric ester groups is 3. The van der Waals surface area contributed by atoms with E-state index in [0.717, 1.165) is 34.5 Å². The number of phenolic OH excluding ortho intramolecular Hbond substituents is 1. The SMILES string of the molecule is Cc1cc(/C=C/C(=O)SCCNC(=O)CCNC(=O)C(O)C(C)(C)COP(=O)(O)OP(=O)(O)OCC2OC(C)(n3cnc4c(N)ncnc43)C(O)C2OP(=O)(O)O)cc(C)c1O. The van der Waals surface area contributed by atoms with E-state index >= 15 is 0 Å². The topological polar surface area (TPSA) is 384 Å². The highest BCUT2D eigenvalue weighted by Gasteiger charge is 2.57. The molecule has 25 nitrogen and oxygen atoms in total. The molecule has 3 heterocycles. The van der Waals surface area contributed by atoms with Gasteiger partial charge in [0, 0.05) is 30.7 Å². The van der Waals surface area contributed by atoms with E-state index in [1.807, 2.05) is 0 Å². The maximum atomic E-state index is 12.8. The van der Waals surface area contributed by atoms with Gasteiger partial charge < -0.3 is 56.0 Å². The number of aliphatic hydroxyl groups excluding tert-OH is 2. The first-order valence-corrected chi connectivity index (χ1v) is 23.7. The summed E-state index contributed by atoms with van der Waals surface area (Å²) < 4.78 is 62.8. The first-order valence-electron chi connectivity index (χ1n) is 18.2. The zero-order valence-corrected chi connectivity index (χ0v) is 37.3. The molecular formula is C33H48N7O18P3S. The lowest BCUT2D eigenvalue weighted by Gasteiger charge is -2.30. The van der Waals surface area contributed by atoms with Crippen molar-refractivity contribution in [3.05, 3.63) is 47.6 Å². The Morgan fingerprint density at radius 1 is 1.05 bits per heavy atom. The molecule has 0 saturated carbocycles. The van der Waals surface area contributed by atoms with Gasteiger partial charge in [0.15, 0.2) is 17.2 Å². The number of aliphatic hydroxyl groups is 2. The Bertz CT molecular complexity index is 2290. The van der Waals surface area contributed by atoms with Gasteiger partial charge in [0.2, 0.25) is 16.9 Å². The second-order valence-corrected chi connectivity index (χ2v) is 20.0. The van der Waals surface area contributed by atoms with Crippen molar-refractivity contribution >= 4 is 75.2 Å². The van der Waals surface area contributed by atoms with Crippen LogP contribution in [0.5, 0.6) is 5.75 Å². The van der Waals surface area contributed by atoms with Gasteiger partial charge in [0.05, 0.1) is 19.5 Å². The molecule has 0 radical (unpaired) electrons. The number of nitrogen functional groups attached to an aromatic ring is 1. The van der Waals surface area contributed by atoms with Crippen molar-refractivity contribution in [1.82, 2.24) is 30.2 Å². The molecule has 0 spiro atoms. The Morgan fingerprint density at radius 2 is 1.69 bits per heavy atom. The van der Waals surface area contributed by atoms with Crippen LogP contribution < -0.4 is 16.4 Å². The number of hydrogen-bond donors (Lipinski definition) is 10. The fourth-order valence-corrected chi connectivity index (χ4v) is 9.28. The molecule has 29 heteroatoms. The predicted molar refractivity (Wildman–Crippen MR) is 218 cm³/mol. The van der Waals surface area contributed by atoms with Crippen molar-refractivity contribution in [3.8, 4) is 5.75 Å². The lowest BCUT2D eigenvalue weighted by Crippen LogP contribution is -2.46. The van der Waals surface area contributed by atoms with Gasteiger partial charge in [-0.15, -0.1) is 0 Å². The molecule has 0 aliphatic carbocycles. The minimum Gasteiger partial charge on any atom is -0.507 e. The summed E-state index contributed by atoms with van der Waals surface area (Å²) in [6, 6.07) is 3.47. The van der Waals surface area contributed by atoms with Crippen LogP contribution in [0.25, 0.3) is 17.2 Å². The summed E-state index contributed by atoms with van der Waals surface area (Å²) in [5.74, 6) is -1.09. The number of nitrogens with one attached hydrogen (secondary N) is 2. The Hall–Kier alpha value is -3.68. The van der Waals surface area contributed by atoms with Crippen LogP contribution in [0, 0.1) is 19.3 Å². The lowest BCUT2D eigenvalue weighted by atomic mass is 9.87. The van der Waals surface area contributed by atoms with Crippen molar-refractivity contribution < 1.29 is 85.6 Å². The van der Waals surface area contributed by atoms with Crippen molar-refractivity contribution in [3.63, 3.8) is 0 Å². The number of phosphoric acid groups is 3. The third-order valence-corrected chi connectivity index (χ3v) is 13.1. The predicted octanol–water partition coefficient (Wildman–Crippen LogP) is 0.875. The lowest BCUT2D eigenvalue weighted by molar-refractivity contribution is -0.137. The second kappa shape index (κ2) is 20.4. The number of thioether (sulfide) groups is 1. The number of ether oxygens (including phenoxy) is 1. The fourth-order valence-electron chi connectivity index (χ4n) is 5.89. The van der Waals surface area contributed by atoms with Crippen molar-refractivity contribution in [2.75, 3.05) is 37.8 Å². The van der Waals surface area contributed by atoms with Crippen LogP contribution in [0.3, 0.4) is 0 Å². The number of fused-ring (bicyclic) bond motifs is 1. The Morgan fingerprint density at radius 3 is 2.34 bits per heavy atom. The number of rotatable bonds is 21. The maximum absolute atomic E-state index is 12.8. The first-order chi connectivity index (χ1) is 28.6. The number of carbonyl (C=O) groups excluding carboxylic acids is 3. The van der Waals surface area contributed by atoms with E-state index in [1.54, 1.807) is 32.1 Å². The highest BCUT2D eigenvalue weighted by molar-refractivity contribution is 8.14. The van der Waals surface area contributed by atoms with Crippen molar-refractivity contribution in [1.29, 1.82) is 0 Å². The molecule has 2 aromatic heterocycles. The highest BCUT2D eigenvalue weighted by atomic mass is 32.2. The van der Waals surface area contributed by atoms with E-state index in [9.17, 15) is 63.0 Å². The molecule has 1 aromatic carbocycles. The van der Waals surface area contributed by atoms with Crippen LogP contribution >= 0.6 is 35.2 Å². The molecule has 4 rings (SSSR count). The molecule has 7 unspecified atom stereocenters. The summed E-state index contributed by atoms with van der Waals surface area (Å²) in [6.45, 7) is 5.05. The van der Waals surface area contributed by atoms with Crippen molar-refractivity contribution in [2.45, 2.75) is 71.2 Å². The Balaban J connectivity index is 1.22. The van der Waals surface area contributed by atoms with Crippen LogP contribution in [0.1, 0.15) is 43.9 Å². The molecule has 7 atom stereocenters. The number of anilines is 1. The van der Waals surface area contributed by atoms with Crippen LogP contribution in [-0.4, -0.2) is 128 Å². The van der Waals surface area contributed by atoms with Gasteiger partial charge in [-0.05, 0) is 55.7 Å². The summed E-state index contributed by atoms with van der Waals surface area (Å²) in [4.78, 5) is 88.5. The van der Waals surface area contributed by atoms with Gasteiger partial charge >= 0.3 is 23.5 Å². The van der Waals surface area contributed by atoms with E-state index in [-0.39, 0.29) is 53.1 Å². The summed E-state index contributed by atoms with van der Waals surface area (Å²) in [6.07, 6.45) is -2.61. The quantitative estimate of drug-likeness (QED) is 0.0402. The van der Waals surface area contributed by atoms with Crippen LogP contribution in [0.15, 0.2) is 30.9 Å². The third kappa shape index (κ3) is 13.7. The number of aromatic nitrogens is 4. The van der Waals surface area contributed by atoms with Gasteiger partial charge in [-0.2, -0.15) is 4.31 Å². The van der Waals surface area contributed by atoms with E-state index in [0.29, 0.717) is 11.1 Å². The molecule has 344 valence electrons. The third-order valence-electron chi connectivity index (χ3n) is 9.16. The Labute approximate surface area is 357 Å². The molecule has 1 saturated heterocycles. The monoisotopic (exact) mass is 955 g/mol. The summed E-state index contributed by atoms with van der Waals surface area (Å²) in [5, 5.41) is 36.3. The van der Waals surface area contributed by atoms with E-state index in [4.69, 9.17) is 24.0 Å². The number of hydrogen-bond acceptors (Lipinski definition) is 19. The van der Waals surface area contributed by atoms with Crippen LogP contribution in [0.4, 0.5) is 5.82 Å². The zero-order chi connectivity index (χ0) is 46.4. The number of aryl methyl sites for hydroxylation is 2. The number of nitrogens with zero attached hydrogens (tertiary/aromatic N) is 4. The molecule has 62 heavy (non-hydrogen) atoms. The van der Waals surface area contributed by atoms with E-state index in [1.165, 1.54) is 26.8 Å². The van der Waals surface area contributed by atoms with Crippen molar-refractivity contribution in [2.24, 2.45) is 5.41 Å². The maximum Gasteiger partial charge on any atom is 0.481 e. The first kappa shape index (κ1) is 51.0. The van der Waals surface area contributed by atoms with Crippen LogP contribution in [-0.2, 0) is 56.4 Å². The molecule has 0 bridgehead atoms. The number of nitrogens with two attached hydrogens (primary N) is 1. The summed E-state index contributed by atoms with van der Waals surface area (Å²) in [5.41, 5.74) is 4.35. The standard InChI is InChI=1S/C33H48N7O18P3S/c1-18-12-20(13-19(2)25(18)43)6-7-23(42)62-11-10-35-22(41)8-9-36-31(46)28(45)32(3,4)15-55-61(52,53)58-60(50,51)54-14-21-26(57-59(47,48)49)27(44)33(5,56-21)40-17-39-24-29(34)37-16-38-30(24)40/h6-7,12-13,16-17,21,26-28,43-45H,8-11,14-15H2,1-5H3,(H,35,41)(H,36,46)(H,50,51)(H,52,53)(H2,34,37,38)(H2,47,48,49)/b7-6+. The average molecular weight is 956 g/mol. The number of imidazole rings is 1. The van der Waals surface area contributed by atoms with E-state index in [2.05, 4.69) is 29.9 Å². The number of benzene rings is 1. The number of aromatic hydroxyl groups is 1. The van der Waals surface area contributed by atoms with E-state index < -0.39 is 84.1 Å². The number of phenols is 1. The minimum absolute atomic E-state index is 0.0128. The number of carbonyl (C=O) groups is 3. The largest absolute Gasteiger partial charge is 0.507 e. The highest BCUT2D eigenvalue weighted by Crippen LogP contribution is 2.61. The zero-order valence-electron chi connectivity index (χ0n) is 33.8. The molecule has 11 N–H and O–H groups in total. The van der Waals surface area contributed by atoms with Gasteiger partial charge in [0.1, 0.15) is 42.0 Å². The van der Waals surface area contributed by atoms with Gasteiger partial charge in [-0.25, -0.2) is 28.6 Å². The summed E-state index contributed by atoms with van der Waals surface area (Å²) >= 11 is 0.965. The average Bonchev–Trinajstić information content (AvgIpc) is 3.71. The molecule has 1 fully saturated rings. The van der Waals surface area contributed by atoms with Crippen LogP contribution in [0.2, 0.25) is 0 Å². The molecule has 1 aliphatic rings. The molecule has 1 aliphatic heterocycles. The fraction of sp³-hybridized carbons (Fsp3) is 0.515. The summed E-state index contributed by atoms with van der Waals surface area (Å²) in [7, 11) is -16.5. The minimum atomic E-state index is -5.61. The normalized spacial score (nSPS) is 22.0. The number of amides is 2. The van der Waals surface area contributed by atoms with Gasteiger partial charge in [0.25, 0.3) is 0 Å². The Kier molecular flexibility index (Phi) is 16.8. The van der Waals surface area contributed by atoms with Gasteiger partial charge in [-0.3, -0.25) is 32.5 Å².